The van der Waals surface area contributed by atoms with Crippen molar-refractivity contribution >= 4 is 5.97 Å². The van der Waals surface area contributed by atoms with Gasteiger partial charge in [-0.15, -0.1) is 0 Å². The fourth-order valence-corrected chi connectivity index (χ4v) is 1.92. The molecule has 5 heteroatoms. The average Bonchev–Trinajstić information content (AvgIpc) is 2.72. The van der Waals surface area contributed by atoms with Crippen LogP contribution in [0, 0.1) is 6.92 Å². The van der Waals surface area contributed by atoms with E-state index in [1.54, 1.807) is 6.07 Å². The second-order valence-corrected chi connectivity index (χ2v) is 5.66. The summed E-state index contributed by atoms with van der Waals surface area (Å²) in [6, 6.07) is 7.44. The Bertz CT molecular complexity index is 639. The summed E-state index contributed by atoms with van der Waals surface area (Å²) in [5, 5.41) is 13.5. The summed E-state index contributed by atoms with van der Waals surface area (Å²) in [5.41, 5.74) is 0.670. The zero-order valence-corrected chi connectivity index (χ0v) is 12.0. The Kier molecular flexibility index (Phi) is 3.53. The third-order valence-corrected chi connectivity index (χ3v) is 2.79. The second-order valence-electron chi connectivity index (χ2n) is 5.66. The number of carbonyl (C=O) groups is 1. The van der Waals surface area contributed by atoms with Gasteiger partial charge in [0.15, 0.2) is 11.4 Å². The molecule has 0 bridgehead atoms. The Hall–Kier alpha value is -2.30. The molecule has 0 atom stereocenters. The molecule has 0 aliphatic rings. The molecule has 0 saturated carbocycles. The lowest BCUT2D eigenvalue weighted by molar-refractivity contribution is 0.0671. The van der Waals surface area contributed by atoms with E-state index in [1.807, 2.05) is 45.9 Å². The van der Waals surface area contributed by atoms with Gasteiger partial charge in [-0.3, -0.25) is 0 Å². The van der Waals surface area contributed by atoms with Crippen LogP contribution >= 0.6 is 0 Å². The van der Waals surface area contributed by atoms with Crippen LogP contribution in [-0.4, -0.2) is 20.9 Å². The summed E-state index contributed by atoms with van der Waals surface area (Å²) in [6.07, 6.45) is 1.44. The van der Waals surface area contributed by atoms with Crippen LogP contribution in [0.1, 0.15) is 36.8 Å². The van der Waals surface area contributed by atoms with E-state index in [2.05, 4.69) is 5.10 Å². The van der Waals surface area contributed by atoms with Gasteiger partial charge in [0.25, 0.3) is 0 Å². The van der Waals surface area contributed by atoms with Crippen LogP contribution in [0.2, 0.25) is 0 Å². The van der Waals surface area contributed by atoms with Crippen LogP contribution in [0.15, 0.2) is 30.5 Å². The molecule has 0 aliphatic carbocycles. The Morgan fingerprint density at radius 2 is 2.05 bits per heavy atom. The lowest BCUT2D eigenvalue weighted by Gasteiger charge is -2.21. The fraction of sp³-hybridized carbons (Fsp3) is 0.333. The van der Waals surface area contributed by atoms with E-state index < -0.39 is 11.5 Å². The van der Waals surface area contributed by atoms with Crippen LogP contribution in [0.5, 0.6) is 11.5 Å². The first-order valence-electron chi connectivity index (χ1n) is 6.35. The molecule has 1 heterocycles. The van der Waals surface area contributed by atoms with Crippen molar-refractivity contribution in [3.05, 3.63) is 41.7 Å². The summed E-state index contributed by atoms with van der Waals surface area (Å²) in [7, 11) is 0. The van der Waals surface area contributed by atoms with Crippen molar-refractivity contribution in [2.75, 3.05) is 0 Å². The summed E-state index contributed by atoms with van der Waals surface area (Å²) in [5.74, 6) is -0.209. The summed E-state index contributed by atoms with van der Waals surface area (Å²) in [6.45, 7) is 7.62. The number of aromatic nitrogens is 2. The normalized spacial score (nSPS) is 11.4. The molecule has 0 radical (unpaired) electrons. The lowest BCUT2D eigenvalue weighted by atomic mass is 10.1. The van der Waals surface area contributed by atoms with Crippen molar-refractivity contribution in [3.63, 3.8) is 0 Å². The third-order valence-electron chi connectivity index (χ3n) is 2.79. The average molecular weight is 274 g/mol. The van der Waals surface area contributed by atoms with Gasteiger partial charge in [-0.25, -0.2) is 9.48 Å². The Labute approximate surface area is 117 Å². The highest BCUT2D eigenvalue weighted by molar-refractivity contribution is 5.89. The Balaban J connectivity index is 2.43. The van der Waals surface area contributed by atoms with E-state index >= 15 is 0 Å². The Morgan fingerprint density at radius 1 is 1.35 bits per heavy atom. The van der Waals surface area contributed by atoms with Crippen molar-refractivity contribution in [3.8, 4) is 11.5 Å². The second kappa shape index (κ2) is 5.00. The van der Waals surface area contributed by atoms with Crippen molar-refractivity contribution in [2.45, 2.75) is 33.2 Å². The molecule has 0 spiro atoms. The standard InChI is InChI=1S/C15H18N2O3/c1-10-6-5-7-11(8-10)20-12-9-16-17(15(2,3)4)13(12)14(18)19/h5-9H,1-4H3,(H,18,19). The summed E-state index contributed by atoms with van der Waals surface area (Å²) in [4.78, 5) is 11.5. The van der Waals surface area contributed by atoms with Gasteiger partial charge in [0.2, 0.25) is 0 Å². The number of aryl methyl sites for hydroxylation is 1. The van der Waals surface area contributed by atoms with Gasteiger partial charge in [0.1, 0.15) is 5.75 Å². The Morgan fingerprint density at radius 3 is 2.60 bits per heavy atom. The molecule has 5 nitrogen and oxygen atoms in total. The highest BCUT2D eigenvalue weighted by Crippen LogP contribution is 2.29. The molecule has 0 aliphatic heterocycles. The first-order valence-corrected chi connectivity index (χ1v) is 6.35. The number of hydrogen-bond donors (Lipinski definition) is 1. The predicted octanol–water partition coefficient (Wildman–Crippen LogP) is 3.44. The molecule has 2 rings (SSSR count). The smallest absolute Gasteiger partial charge is 0.358 e. The van der Waals surface area contributed by atoms with Crippen LogP contribution < -0.4 is 4.74 Å². The van der Waals surface area contributed by atoms with Gasteiger partial charge in [0.05, 0.1) is 11.7 Å². The molecule has 0 unspecified atom stereocenters. The van der Waals surface area contributed by atoms with E-state index in [1.165, 1.54) is 10.9 Å². The van der Waals surface area contributed by atoms with E-state index in [0.717, 1.165) is 5.56 Å². The molecule has 106 valence electrons. The number of nitrogens with zero attached hydrogens (tertiary/aromatic N) is 2. The van der Waals surface area contributed by atoms with Crippen molar-refractivity contribution in [1.82, 2.24) is 9.78 Å². The molecule has 0 amide bonds. The molecule has 1 aromatic heterocycles. The van der Waals surface area contributed by atoms with E-state index in [9.17, 15) is 9.90 Å². The van der Waals surface area contributed by atoms with Crippen molar-refractivity contribution in [2.24, 2.45) is 0 Å². The maximum absolute atomic E-state index is 11.5. The predicted molar refractivity (Wildman–Crippen MR) is 75.4 cm³/mol. The SMILES string of the molecule is Cc1cccc(Oc2cnn(C(C)(C)C)c2C(=O)O)c1. The molecular formula is C15H18N2O3. The largest absolute Gasteiger partial charge is 0.476 e. The fourth-order valence-electron chi connectivity index (χ4n) is 1.92. The summed E-state index contributed by atoms with van der Waals surface area (Å²) >= 11 is 0. The molecular weight excluding hydrogens is 256 g/mol. The highest BCUT2D eigenvalue weighted by Gasteiger charge is 2.26. The van der Waals surface area contributed by atoms with E-state index in [4.69, 9.17) is 4.74 Å². The van der Waals surface area contributed by atoms with Gasteiger partial charge in [-0.1, -0.05) is 12.1 Å². The van der Waals surface area contributed by atoms with Gasteiger partial charge in [-0.2, -0.15) is 5.10 Å². The molecule has 20 heavy (non-hydrogen) atoms. The van der Waals surface area contributed by atoms with Gasteiger partial charge in [-0.05, 0) is 45.4 Å². The highest BCUT2D eigenvalue weighted by atomic mass is 16.5. The number of carboxylic acid groups (broad SMARTS) is 1. The quantitative estimate of drug-likeness (QED) is 0.931. The maximum atomic E-state index is 11.5. The molecule has 2 aromatic rings. The minimum atomic E-state index is -1.06. The van der Waals surface area contributed by atoms with Crippen molar-refractivity contribution in [1.29, 1.82) is 0 Å². The monoisotopic (exact) mass is 274 g/mol. The molecule has 1 N–H and O–H groups in total. The zero-order valence-electron chi connectivity index (χ0n) is 12.0. The summed E-state index contributed by atoms with van der Waals surface area (Å²) < 4.78 is 7.12. The number of ether oxygens (including phenoxy) is 1. The molecule has 0 fully saturated rings. The van der Waals surface area contributed by atoms with Gasteiger partial charge in [0, 0.05) is 0 Å². The lowest BCUT2D eigenvalue weighted by Crippen LogP contribution is -2.27. The van der Waals surface area contributed by atoms with Gasteiger partial charge < -0.3 is 9.84 Å². The first kappa shape index (κ1) is 14.1. The van der Waals surface area contributed by atoms with Crippen LogP contribution in [0.4, 0.5) is 0 Å². The molecule has 1 aromatic carbocycles. The topological polar surface area (TPSA) is 64.4 Å². The van der Waals surface area contributed by atoms with Crippen molar-refractivity contribution < 1.29 is 14.6 Å². The first-order chi connectivity index (χ1) is 9.29. The maximum Gasteiger partial charge on any atom is 0.358 e. The number of hydrogen-bond acceptors (Lipinski definition) is 3. The number of rotatable bonds is 3. The van der Waals surface area contributed by atoms with E-state index in [-0.39, 0.29) is 11.4 Å². The minimum Gasteiger partial charge on any atom is -0.476 e. The zero-order chi connectivity index (χ0) is 14.9. The molecule has 0 saturated heterocycles. The minimum absolute atomic E-state index is 0.0546. The van der Waals surface area contributed by atoms with Crippen LogP contribution in [-0.2, 0) is 5.54 Å². The number of benzene rings is 1. The van der Waals surface area contributed by atoms with Crippen LogP contribution in [0.25, 0.3) is 0 Å². The number of aromatic carboxylic acids is 1. The van der Waals surface area contributed by atoms with E-state index in [0.29, 0.717) is 5.75 Å². The van der Waals surface area contributed by atoms with Crippen LogP contribution in [0.3, 0.4) is 0 Å². The van der Waals surface area contributed by atoms with Gasteiger partial charge >= 0.3 is 5.97 Å². The third kappa shape index (κ3) is 2.82. The number of carboxylic acids is 1.